The van der Waals surface area contributed by atoms with E-state index in [4.69, 9.17) is 11.6 Å². The van der Waals surface area contributed by atoms with Crippen LogP contribution in [0.4, 0.5) is 0 Å². The van der Waals surface area contributed by atoms with Gasteiger partial charge >= 0.3 is 0 Å². The number of nitrogens with one attached hydrogen (secondary N) is 2. The molecular weight excluding hydrogens is 320 g/mol. The number of phenols is 1. The van der Waals surface area contributed by atoms with Gasteiger partial charge in [0, 0.05) is 29.4 Å². The fraction of sp³-hybridized carbons (Fsp3) is 0.0625. The number of carbonyl (C=O) groups excluding carboxylic acids is 1. The van der Waals surface area contributed by atoms with E-state index in [0.717, 1.165) is 16.0 Å². The second kappa shape index (κ2) is 6.25. The Morgan fingerprint density at radius 1 is 1.18 bits per heavy atom. The maximum atomic E-state index is 12.3. The molecule has 0 aliphatic carbocycles. The molecule has 3 N–H and O–H groups in total. The van der Waals surface area contributed by atoms with E-state index in [0.29, 0.717) is 16.4 Å². The summed E-state index contributed by atoms with van der Waals surface area (Å²) in [6, 6.07) is 10.4. The summed E-state index contributed by atoms with van der Waals surface area (Å²) >= 11 is 7.38. The fourth-order valence-corrected chi connectivity index (χ4v) is 3.18. The van der Waals surface area contributed by atoms with Gasteiger partial charge < -0.3 is 15.4 Å². The van der Waals surface area contributed by atoms with Gasteiger partial charge in [-0.15, -0.1) is 11.3 Å². The highest BCUT2D eigenvalue weighted by Crippen LogP contribution is 2.33. The van der Waals surface area contributed by atoms with E-state index in [1.165, 1.54) is 11.3 Å². The largest absolute Gasteiger partial charge is 0.508 e. The van der Waals surface area contributed by atoms with Crippen LogP contribution >= 0.6 is 22.9 Å². The van der Waals surface area contributed by atoms with Crippen LogP contribution in [0.15, 0.2) is 48.8 Å². The van der Waals surface area contributed by atoms with Crippen LogP contribution in [0.1, 0.15) is 15.9 Å². The normalized spacial score (nSPS) is 10.6. The monoisotopic (exact) mass is 332 g/mol. The Labute approximate surface area is 136 Å². The van der Waals surface area contributed by atoms with Gasteiger partial charge in [-0.1, -0.05) is 23.7 Å². The van der Waals surface area contributed by atoms with Gasteiger partial charge in [0.1, 0.15) is 5.75 Å². The lowest BCUT2D eigenvalue weighted by Gasteiger charge is -2.06. The first kappa shape index (κ1) is 14.7. The SMILES string of the molecule is O=C(NCc1ccc(O)cc1)c1c[nH]cc1-c1ccc(Cl)s1. The van der Waals surface area contributed by atoms with E-state index in [2.05, 4.69) is 10.3 Å². The number of hydrogen-bond acceptors (Lipinski definition) is 3. The van der Waals surface area contributed by atoms with Crippen molar-refractivity contribution in [3.63, 3.8) is 0 Å². The highest BCUT2D eigenvalue weighted by molar-refractivity contribution is 7.19. The zero-order chi connectivity index (χ0) is 15.5. The summed E-state index contributed by atoms with van der Waals surface area (Å²) in [5.41, 5.74) is 2.33. The summed E-state index contributed by atoms with van der Waals surface area (Å²) in [4.78, 5) is 16.2. The van der Waals surface area contributed by atoms with Gasteiger partial charge in [-0.3, -0.25) is 4.79 Å². The van der Waals surface area contributed by atoms with E-state index in [9.17, 15) is 9.90 Å². The minimum absolute atomic E-state index is 0.158. The Bertz CT molecular complexity index is 793. The first-order valence-corrected chi connectivity index (χ1v) is 7.81. The number of benzene rings is 1. The summed E-state index contributed by atoms with van der Waals surface area (Å²) in [6.45, 7) is 0.398. The summed E-state index contributed by atoms with van der Waals surface area (Å²) in [5.74, 6) is 0.0476. The summed E-state index contributed by atoms with van der Waals surface area (Å²) < 4.78 is 0.687. The van der Waals surface area contributed by atoms with E-state index in [1.807, 2.05) is 12.1 Å². The summed E-state index contributed by atoms with van der Waals surface area (Å²) in [6.07, 6.45) is 3.47. The maximum Gasteiger partial charge on any atom is 0.253 e. The van der Waals surface area contributed by atoms with E-state index in [1.54, 1.807) is 36.7 Å². The minimum atomic E-state index is -0.158. The standard InChI is InChI=1S/C16H13ClN2O2S/c17-15-6-5-14(22-15)12-8-18-9-13(12)16(21)19-7-10-1-3-11(20)4-2-10/h1-6,8-9,18,20H,7H2,(H,19,21). The Kier molecular flexibility index (Phi) is 4.18. The smallest absolute Gasteiger partial charge is 0.253 e. The van der Waals surface area contributed by atoms with Crippen LogP contribution in [-0.2, 0) is 6.54 Å². The van der Waals surface area contributed by atoms with Crippen LogP contribution in [0.5, 0.6) is 5.75 Å². The number of aromatic nitrogens is 1. The molecule has 0 fully saturated rings. The zero-order valence-electron chi connectivity index (χ0n) is 11.5. The molecule has 0 atom stereocenters. The van der Waals surface area contributed by atoms with Crippen molar-refractivity contribution in [3.05, 3.63) is 64.3 Å². The summed E-state index contributed by atoms with van der Waals surface area (Å²) in [5, 5.41) is 12.1. The second-order valence-corrected chi connectivity index (χ2v) is 6.45. The second-order valence-electron chi connectivity index (χ2n) is 4.74. The molecule has 112 valence electrons. The minimum Gasteiger partial charge on any atom is -0.508 e. The molecule has 0 saturated heterocycles. The molecular formula is C16H13ClN2O2S. The lowest BCUT2D eigenvalue weighted by Crippen LogP contribution is -2.22. The molecule has 22 heavy (non-hydrogen) atoms. The Morgan fingerprint density at radius 3 is 2.64 bits per heavy atom. The quantitative estimate of drug-likeness (QED) is 0.675. The zero-order valence-corrected chi connectivity index (χ0v) is 13.0. The number of carbonyl (C=O) groups is 1. The lowest BCUT2D eigenvalue weighted by molar-refractivity contribution is 0.0951. The number of H-pyrrole nitrogens is 1. The number of hydrogen-bond donors (Lipinski definition) is 3. The number of rotatable bonds is 4. The molecule has 0 aliphatic heterocycles. The van der Waals surface area contributed by atoms with Crippen molar-refractivity contribution in [1.82, 2.24) is 10.3 Å². The molecule has 4 nitrogen and oxygen atoms in total. The Balaban J connectivity index is 1.73. The number of halogens is 1. The predicted molar refractivity (Wildman–Crippen MR) is 88.4 cm³/mol. The van der Waals surface area contributed by atoms with Gasteiger partial charge in [-0.2, -0.15) is 0 Å². The molecule has 0 bridgehead atoms. The third kappa shape index (κ3) is 3.16. The van der Waals surface area contributed by atoms with Crippen LogP contribution in [0.3, 0.4) is 0 Å². The summed E-state index contributed by atoms with van der Waals surface area (Å²) in [7, 11) is 0. The number of aromatic hydroxyl groups is 1. The number of phenolic OH excluding ortho intramolecular Hbond substituents is 1. The van der Waals surface area contributed by atoms with Crippen molar-refractivity contribution in [2.75, 3.05) is 0 Å². The van der Waals surface area contributed by atoms with Gasteiger partial charge in [-0.25, -0.2) is 0 Å². The molecule has 0 radical (unpaired) electrons. The van der Waals surface area contributed by atoms with Crippen LogP contribution in [0.25, 0.3) is 10.4 Å². The molecule has 1 amide bonds. The molecule has 3 rings (SSSR count). The first-order valence-electron chi connectivity index (χ1n) is 6.62. The van der Waals surface area contributed by atoms with Crippen molar-refractivity contribution >= 4 is 28.8 Å². The van der Waals surface area contributed by atoms with Crippen molar-refractivity contribution < 1.29 is 9.90 Å². The van der Waals surface area contributed by atoms with Crippen LogP contribution in [0.2, 0.25) is 4.34 Å². The fourth-order valence-electron chi connectivity index (χ4n) is 2.11. The van der Waals surface area contributed by atoms with Gasteiger partial charge in [0.25, 0.3) is 5.91 Å². The van der Waals surface area contributed by atoms with Crippen LogP contribution < -0.4 is 5.32 Å². The van der Waals surface area contributed by atoms with Gasteiger partial charge in [0.15, 0.2) is 0 Å². The number of amides is 1. The average molecular weight is 333 g/mol. The third-order valence-electron chi connectivity index (χ3n) is 3.22. The maximum absolute atomic E-state index is 12.3. The van der Waals surface area contributed by atoms with E-state index < -0.39 is 0 Å². The molecule has 1 aromatic carbocycles. The molecule has 0 saturated carbocycles. The molecule has 0 unspecified atom stereocenters. The molecule has 2 aromatic heterocycles. The Hall–Kier alpha value is -2.24. The van der Waals surface area contributed by atoms with E-state index in [-0.39, 0.29) is 11.7 Å². The first-order chi connectivity index (χ1) is 10.6. The molecule has 3 aromatic rings. The van der Waals surface area contributed by atoms with Crippen LogP contribution in [-0.4, -0.2) is 16.0 Å². The van der Waals surface area contributed by atoms with Gasteiger partial charge in [0.05, 0.1) is 9.90 Å². The third-order valence-corrected chi connectivity index (χ3v) is 4.48. The Morgan fingerprint density at radius 2 is 1.95 bits per heavy atom. The highest BCUT2D eigenvalue weighted by atomic mass is 35.5. The van der Waals surface area contributed by atoms with Crippen LogP contribution in [0, 0.1) is 0 Å². The predicted octanol–water partition coefficient (Wildman–Crippen LogP) is 4.03. The molecule has 0 spiro atoms. The van der Waals surface area contributed by atoms with E-state index >= 15 is 0 Å². The van der Waals surface area contributed by atoms with Gasteiger partial charge in [-0.05, 0) is 29.8 Å². The van der Waals surface area contributed by atoms with Crippen molar-refractivity contribution in [3.8, 4) is 16.2 Å². The van der Waals surface area contributed by atoms with Gasteiger partial charge in [0.2, 0.25) is 0 Å². The molecule has 2 heterocycles. The molecule has 6 heteroatoms. The van der Waals surface area contributed by atoms with Crippen molar-refractivity contribution in [2.24, 2.45) is 0 Å². The highest BCUT2D eigenvalue weighted by Gasteiger charge is 2.15. The lowest BCUT2D eigenvalue weighted by atomic mass is 10.1. The number of thiophene rings is 1. The average Bonchev–Trinajstić information content (AvgIpc) is 3.14. The van der Waals surface area contributed by atoms with Crippen molar-refractivity contribution in [1.29, 1.82) is 0 Å². The number of aromatic amines is 1. The molecule has 0 aliphatic rings. The van der Waals surface area contributed by atoms with Crippen molar-refractivity contribution in [2.45, 2.75) is 6.54 Å². The topological polar surface area (TPSA) is 65.1 Å².